The number of nitrogens with one attached hydrogen (secondary N) is 1. The summed E-state index contributed by atoms with van der Waals surface area (Å²) in [7, 11) is -0.704. The molecule has 0 aliphatic heterocycles. The molecule has 0 bridgehead atoms. The molecule has 0 saturated carbocycles. The van der Waals surface area contributed by atoms with E-state index in [1.807, 2.05) is 20.0 Å². The highest BCUT2D eigenvalue weighted by molar-refractivity contribution is 7.84. The Kier molecular flexibility index (Phi) is 5.52. The summed E-state index contributed by atoms with van der Waals surface area (Å²) >= 11 is 0. The first-order chi connectivity index (χ1) is 7.67. The van der Waals surface area contributed by atoms with Crippen LogP contribution in [0.2, 0.25) is 0 Å². The molecule has 1 heterocycles. The summed E-state index contributed by atoms with van der Waals surface area (Å²) in [6, 6.07) is 0. The average molecular weight is 243 g/mol. The summed E-state index contributed by atoms with van der Waals surface area (Å²) in [4.78, 5) is 4.40. The first-order valence-corrected chi connectivity index (χ1v) is 7.28. The predicted molar refractivity (Wildman–Crippen MR) is 69.3 cm³/mol. The number of nitrogens with zero attached hydrogens (tertiary/aromatic N) is 2. The van der Waals surface area contributed by atoms with E-state index < -0.39 is 10.8 Å². The van der Waals surface area contributed by atoms with E-state index in [9.17, 15) is 4.21 Å². The predicted octanol–water partition coefficient (Wildman–Crippen LogP) is 1.78. The Morgan fingerprint density at radius 2 is 2.25 bits per heavy atom. The molecule has 1 N–H and O–H groups in total. The molecule has 1 aromatic rings. The van der Waals surface area contributed by atoms with Crippen molar-refractivity contribution in [3.63, 3.8) is 0 Å². The number of imidazole rings is 1. The SMILES string of the molecule is CCCn1cc(C)nc1NCCS(=O)CC. The van der Waals surface area contributed by atoms with Crippen LogP contribution in [0.1, 0.15) is 26.0 Å². The maximum Gasteiger partial charge on any atom is 0.203 e. The molecule has 0 radical (unpaired) electrons. The highest BCUT2D eigenvalue weighted by atomic mass is 32.2. The van der Waals surface area contributed by atoms with Crippen LogP contribution in [0.3, 0.4) is 0 Å². The Labute approximate surface area is 99.9 Å². The van der Waals surface area contributed by atoms with Crippen molar-refractivity contribution in [3.8, 4) is 0 Å². The van der Waals surface area contributed by atoms with Gasteiger partial charge in [0.15, 0.2) is 0 Å². The molecule has 92 valence electrons. The van der Waals surface area contributed by atoms with Gasteiger partial charge in [0, 0.05) is 41.6 Å². The van der Waals surface area contributed by atoms with Gasteiger partial charge in [0.1, 0.15) is 0 Å². The molecule has 1 aromatic heterocycles. The Hall–Kier alpha value is -0.840. The minimum Gasteiger partial charge on any atom is -0.355 e. The minimum absolute atomic E-state index is 0.689. The van der Waals surface area contributed by atoms with Crippen LogP contribution in [-0.4, -0.2) is 31.8 Å². The van der Waals surface area contributed by atoms with Gasteiger partial charge in [0.25, 0.3) is 0 Å². The quantitative estimate of drug-likeness (QED) is 0.794. The van der Waals surface area contributed by atoms with Crippen LogP contribution < -0.4 is 5.32 Å². The second-order valence-electron chi connectivity index (χ2n) is 3.76. The van der Waals surface area contributed by atoms with E-state index in [1.54, 1.807) is 0 Å². The fourth-order valence-electron chi connectivity index (χ4n) is 1.52. The zero-order chi connectivity index (χ0) is 12.0. The number of hydrogen-bond donors (Lipinski definition) is 1. The molecule has 0 amide bonds. The molecular weight excluding hydrogens is 222 g/mol. The normalized spacial score (nSPS) is 12.7. The van der Waals surface area contributed by atoms with Crippen LogP contribution in [-0.2, 0) is 17.3 Å². The molecule has 0 aliphatic rings. The molecule has 5 heteroatoms. The number of hydrogen-bond acceptors (Lipinski definition) is 3. The van der Waals surface area contributed by atoms with E-state index in [0.717, 1.165) is 36.9 Å². The smallest absolute Gasteiger partial charge is 0.203 e. The van der Waals surface area contributed by atoms with Crippen LogP contribution >= 0.6 is 0 Å². The van der Waals surface area contributed by atoms with Crippen molar-refractivity contribution in [3.05, 3.63) is 11.9 Å². The zero-order valence-electron chi connectivity index (χ0n) is 10.3. The molecule has 0 aliphatic carbocycles. The van der Waals surface area contributed by atoms with E-state index in [0.29, 0.717) is 5.75 Å². The van der Waals surface area contributed by atoms with E-state index in [-0.39, 0.29) is 0 Å². The highest BCUT2D eigenvalue weighted by Crippen LogP contribution is 2.08. The second-order valence-corrected chi connectivity index (χ2v) is 5.62. The highest BCUT2D eigenvalue weighted by Gasteiger charge is 2.04. The summed E-state index contributed by atoms with van der Waals surface area (Å²) in [5, 5.41) is 3.24. The summed E-state index contributed by atoms with van der Waals surface area (Å²) in [5.74, 6) is 2.31. The third-order valence-corrected chi connectivity index (χ3v) is 3.60. The zero-order valence-corrected chi connectivity index (χ0v) is 11.1. The van der Waals surface area contributed by atoms with Crippen LogP contribution in [0.15, 0.2) is 6.20 Å². The lowest BCUT2D eigenvalue weighted by Gasteiger charge is -2.07. The molecule has 1 rings (SSSR count). The monoisotopic (exact) mass is 243 g/mol. The summed E-state index contributed by atoms with van der Waals surface area (Å²) in [5.41, 5.74) is 1.02. The van der Waals surface area contributed by atoms with Crippen LogP contribution in [0.5, 0.6) is 0 Å². The van der Waals surface area contributed by atoms with Crippen molar-refractivity contribution >= 4 is 16.7 Å². The summed E-state index contributed by atoms with van der Waals surface area (Å²) in [6.45, 7) is 7.77. The van der Waals surface area contributed by atoms with Gasteiger partial charge < -0.3 is 9.88 Å². The third kappa shape index (κ3) is 3.96. The maximum atomic E-state index is 11.3. The minimum atomic E-state index is -0.704. The topological polar surface area (TPSA) is 46.9 Å². The van der Waals surface area contributed by atoms with Crippen LogP contribution in [0, 0.1) is 6.92 Å². The third-order valence-electron chi connectivity index (χ3n) is 2.30. The number of anilines is 1. The van der Waals surface area contributed by atoms with Gasteiger partial charge in [-0.3, -0.25) is 4.21 Å². The Bertz CT molecular complexity index is 349. The van der Waals surface area contributed by atoms with Gasteiger partial charge in [-0.15, -0.1) is 0 Å². The fourth-order valence-corrected chi connectivity index (χ4v) is 2.14. The standard InChI is InChI=1S/C11H21N3OS/c1-4-7-14-9-10(3)13-11(14)12-6-8-16(15)5-2/h9H,4-8H2,1-3H3,(H,12,13). The number of aromatic nitrogens is 2. The summed E-state index contributed by atoms with van der Waals surface area (Å²) in [6.07, 6.45) is 3.13. The molecule has 0 fully saturated rings. The first kappa shape index (κ1) is 13.2. The van der Waals surface area contributed by atoms with Crippen molar-refractivity contribution in [2.75, 3.05) is 23.4 Å². The largest absolute Gasteiger partial charge is 0.355 e. The Morgan fingerprint density at radius 3 is 2.88 bits per heavy atom. The number of rotatable bonds is 7. The summed E-state index contributed by atoms with van der Waals surface area (Å²) < 4.78 is 13.4. The van der Waals surface area contributed by atoms with Gasteiger partial charge in [-0.05, 0) is 13.3 Å². The molecule has 0 saturated heterocycles. The van der Waals surface area contributed by atoms with Gasteiger partial charge in [0.05, 0.1) is 5.69 Å². The van der Waals surface area contributed by atoms with Gasteiger partial charge in [-0.2, -0.15) is 0 Å². The average Bonchev–Trinajstić information content (AvgIpc) is 2.59. The molecule has 16 heavy (non-hydrogen) atoms. The molecule has 4 nitrogen and oxygen atoms in total. The molecule has 1 unspecified atom stereocenters. The molecule has 0 spiro atoms. The van der Waals surface area contributed by atoms with Crippen molar-refractivity contribution in [2.45, 2.75) is 33.7 Å². The second kappa shape index (κ2) is 6.68. The first-order valence-electron chi connectivity index (χ1n) is 5.80. The van der Waals surface area contributed by atoms with Crippen LogP contribution in [0.25, 0.3) is 0 Å². The Morgan fingerprint density at radius 1 is 1.50 bits per heavy atom. The van der Waals surface area contributed by atoms with Crippen molar-refractivity contribution in [2.24, 2.45) is 0 Å². The molecule has 1 atom stereocenters. The van der Waals surface area contributed by atoms with Crippen LogP contribution in [0.4, 0.5) is 5.95 Å². The lowest BCUT2D eigenvalue weighted by molar-refractivity contribution is 0.679. The van der Waals surface area contributed by atoms with Gasteiger partial charge in [0.2, 0.25) is 5.95 Å². The maximum absolute atomic E-state index is 11.3. The number of aryl methyl sites for hydroxylation is 2. The lowest BCUT2D eigenvalue weighted by Crippen LogP contribution is -2.15. The fraction of sp³-hybridized carbons (Fsp3) is 0.727. The Balaban J connectivity index is 2.49. The lowest BCUT2D eigenvalue weighted by atomic mass is 10.5. The van der Waals surface area contributed by atoms with E-state index in [2.05, 4.69) is 21.8 Å². The molecule has 0 aromatic carbocycles. The molecular formula is C11H21N3OS. The van der Waals surface area contributed by atoms with Gasteiger partial charge in [-0.25, -0.2) is 4.98 Å². The van der Waals surface area contributed by atoms with E-state index >= 15 is 0 Å². The van der Waals surface area contributed by atoms with Gasteiger partial charge in [-0.1, -0.05) is 13.8 Å². The van der Waals surface area contributed by atoms with E-state index in [4.69, 9.17) is 0 Å². The van der Waals surface area contributed by atoms with E-state index in [1.165, 1.54) is 0 Å². The van der Waals surface area contributed by atoms with Crippen molar-refractivity contribution in [1.29, 1.82) is 0 Å². The van der Waals surface area contributed by atoms with Crippen molar-refractivity contribution < 1.29 is 4.21 Å². The van der Waals surface area contributed by atoms with Crippen molar-refractivity contribution in [1.82, 2.24) is 9.55 Å². The van der Waals surface area contributed by atoms with Gasteiger partial charge >= 0.3 is 0 Å².